The van der Waals surface area contributed by atoms with Gasteiger partial charge in [0.15, 0.2) is 0 Å². The van der Waals surface area contributed by atoms with E-state index in [4.69, 9.17) is 0 Å². The van der Waals surface area contributed by atoms with Gasteiger partial charge in [0.05, 0.1) is 16.6 Å². The molecule has 5 aromatic rings. The number of imidazole rings is 1. The number of carbonyl (C=O) groups excluding carboxylic acids is 1. The number of benzene rings is 4. The van der Waals surface area contributed by atoms with E-state index in [1.807, 2.05) is 48.6 Å². The molecule has 178 valence electrons. The zero-order chi connectivity index (χ0) is 25.1. The van der Waals surface area contributed by atoms with Gasteiger partial charge in [0.2, 0.25) is 0 Å². The number of aromatic amines is 1. The summed E-state index contributed by atoms with van der Waals surface area (Å²) in [5, 5.41) is 2.86. The van der Waals surface area contributed by atoms with Crippen molar-refractivity contribution in [2.24, 2.45) is 0 Å². The Bertz CT molecular complexity index is 1520. The molecule has 1 aromatic heterocycles. The van der Waals surface area contributed by atoms with Crippen molar-refractivity contribution in [1.29, 1.82) is 0 Å². The van der Waals surface area contributed by atoms with Crippen LogP contribution in [-0.2, 0) is 6.18 Å². The summed E-state index contributed by atoms with van der Waals surface area (Å²) >= 11 is 0. The quantitative estimate of drug-likeness (QED) is 0.269. The van der Waals surface area contributed by atoms with Crippen molar-refractivity contribution >= 4 is 34.8 Å². The van der Waals surface area contributed by atoms with Crippen LogP contribution < -0.4 is 5.32 Å². The van der Waals surface area contributed by atoms with Gasteiger partial charge in [0.25, 0.3) is 5.91 Å². The molecule has 4 aromatic carbocycles. The van der Waals surface area contributed by atoms with Crippen LogP contribution in [0.1, 0.15) is 27.3 Å². The number of H-pyrrole nitrogens is 1. The molecular weight excluding hydrogens is 463 g/mol. The maximum atomic E-state index is 13.0. The number of halogens is 3. The van der Waals surface area contributed by atoms with Crippen LogP contribution in [0.4, 0.5) is 18.9 Å². The Kier molecular flexibility index (Phi) is 6.12. The average molecular weight is 483 g/mol. The molecule has 0 saturated heterocycles. The van der Waals surface area contributed by atoms with Gasteiger partial charge >= 0.3 is 6.18 Å². The van der Waals surface area contributed by atoms with Crippen LogP contribution in [-0.4, -0.2) is 15.9 Å². The highest BCUT2D eigenvalue weighted by Crippen LogP contribution is 2.32. The zero-order valence-corrected chi connectivity index (χ0v) is 18.9. The fourth-order valence-electron chi connectivity index (χ4n) is 3.87. The number of fused-ring (bicyclic) bond motifs is 1. The lowest BCUT2D eigenvalue weighted by molar-refractivity contribution is -0.137. The van der Waals surface area contributed by atoms with Crippen molar-refractivity contribution in [2.75, 3.05) is 5.32 Å². The van der Waals surface area contributed by atoms with Crippen molar-refractivity contribution in [1.82, 2.24) is 9.97 Å². The van der Waals surface area contributed by atoms with E-state index in [-0.39, 0.29) is 5.91 Å². The Balaban J connectivity index is 1.30. The number of nitrogens with one attached hydrogen (secondary N) is 2. The summed E-state index contributed by atoms with van der Waals surface area (Å²) < 4.78 is 38.7. The standard InChI is InChI=1S/C29H20F3N3O/c30-29(31,32)21-14-12-20(13-15-21)23-5-1-2-6-24(23)28(36)33-22-16-9-19(10-17-22)11-18-27-34-25-7-3-4-8-26(25)35-27/h1-18H,(H,33,36)(H,34,35)/b18-11+. The van der Waals surface area contributed by atoms with E-state index in [0.717, 1.165) is 34.6 Å². The summed E-state index contributed by atoms with van der Waals surface area (Å²) in [6.45, 7) is 0. The Morgan fingerprint density at radius 3 is 2.22 bits per heavy atom. The summed E-state index contributed by atoms with van der Waals surface area (Å²) in [5.74, 6) is 0.393. The fraction of sp³-hybridized carbons (Fsp3) is 0.0345. The summed E-state index contributed by atoms with van der Waals surface area (Å²) in [7, 11) is 0. The number of aromatic nitrogens is 2. The van der Waals surface area contributed by atoms with Crippen molar-refractivity contribution < 1.29 is 18.0 Å². The van der Waals surface area contributed by atoms with Gasteiger partial charge < -0.3 is 10.3 Å². The molecule has 36 heavy (non-hydrogen) atoms. The highest BCUT2D eigenvalue weighted by atomic mass is 19.4. The monoisotopic (exact) mass is 483 g/mol. The lowest BCUT2D eigenvalue weighted by Crippen LogP contribution is -2.13. The van der Waals surface area contributed by atoms with Gasteiger partial charge in [-0.3, -0.25) is 4.79 Å². The first-order valence-electron chi connectivity index (χ1n) is 11.2. The molecule has 2 N–H and O–H groups in total. The Hall–Kier alpha value is -4.65. The second-order valence-corrected chi connectivity index (χ2v) is 8.17. The van der Waals surface area contributed by atoms with E-state index in [0.29, 0.717) is 22.4 Å². The van der Waals surface area contributed by atoms with E-state index in [9.17, 15) is 18.0 Å². The van der Waals surface area contributed by atoms with Gasteiger partial charge in [-0.05, 0) is 65.2 Å². The molecular formula is C29H20F3N3O. The molecule has 0 saturated carbocycles. The number of amides is 1. The molecule has 0 bridgehead atoms. The minimum absolute atomic E-state index is 0.351. The van der Waals surface area contributed by atoms with Crippen LogP contribution in [0.5, 0.6) is 0 Å². The molecule has 0 fully saturated rings. The highest BCUT2D eigenvalue weighted by Gasteiger charge is 2.30. The molecule has 0 aliphatic heterocycles. The second kappa shape index (κ2) is 9.54. The van der Waals surface area contributed by atoms with Crippen LogP contribution in [0, 0.1) is 0 Å². The topological polar surface area (TPSA) is 57.8 Å². The fourth-order valence-corrected chi connectivity index (χ4v) is 3.87. The lowest BCUT2D eigenvalue weighted by atomic mass is 9.98. The summed E-state index contributed by atoms with van der Waals surface area (Å²) in [5.41, 5.74) is 4.10. The van der Waals surface area contributed by atoms with Crippen LogP contribution in [0.25, 0.3) is 34.3 Å². The first kappa shape index (κ1) is 23.1. The summed E-state index contributed by atoms with van der Waals surface area (Å²) in [6, 6.07) is 26.7. The van der Waals surface area contributed by atoms with Crippen LogP contribution in [0.3, 0.4) is 0 Å². The number of rotatable bonds is 5. The highest BCUT2D eigenvalue weighted by molar-refractivity contribution is 6.08. The van der Waals surface area contributed by atoms with E-state index in [1.165, 1.54) is 12.1 Å². The molecule has 4 nitrogen and oxygen atoms in total. The minimum Gasteiger partial charge on any atom is -0.338 e. The molecule has 0 spiro atoms. The maximum absolute atomic E-state index is 13.0. The lowest BCUT2D eigenvalue weighted by Gasteiger charge is -2.12. The first-order valence-corrected chi connectivity index (χ1v) is 11.2. The van der Waals surface area contributed by atoms with E-state index in [1.54, 1.807) is 36.4 Å². The number of nitrogens with zero attached hydrogens (tertiary/aromatic N) is 1. The molecule has 1 amide bonds. The number of anilines is 1. The number of alkyl halides is 3. The van der Waals surface area contributed by atoms with E-state index >= 15 is 0 Å². The SMILES string of the molecule is O=C(Nc1ccc(/C=C/c2nc3ccccc3[nH]2)cc1)c1ccccc1-c1ccc(C(F)(F)F)cc1. The van der Waals surface area contributed by atoms with Crippen molar-refractivity contribution in [2.45, 2.75) is 6.18 Å². The number of carbonyl (C=O) groups is 1. The van der Waals surface area contributed by atoms with Gasteiger partial charge in [0.1, 0.15) is 5.82 Å². The average Bonchev–Trinajstić information content (AvgIpc) is 3.31. The second-order valence-electron chi connectivity index (χ2n) is 8.17. The van der Waals surface area contributed by atoms with Gasteiger partial charge in [0, 0.05) is 11.3 Å². The molecule has 0 atom stereocenters. The molecule has 5 rings (SSSR count). The van der Waals surface area contributed by atoms with Crippen molar-refractivity contribution in [3.8, 4) is 11.1 Å². The minimum atomic E-state index is -4.41. The van der Waals surface area contributed by atoms with Crippen LogP contribution >= 0.6 is 0 Å². The largest absolute Gasteiger partial charge is 0.416 e. The molecule has 0 radical (unpaired) electrons. The number of hydrogen-bond donors (Lipinski definition) is 2. The third-order valence-electron chi connectivity index (χ3n) is 5.70. The third-order valence-corrected chi connectivity index (χ3v) is 5.70. The zero-order valence-electron chi connectivity index (χ0n) is 18.9. The molecule has 1 heterocycles. The summed E-state index contributed by atoms with van der Waals surface area (Å²) in [6.07, 6.45) is -0.611. The maximum Gasteiger partial charge on any atom is 0.416 e. The third kappa shape index (κ3) is 5.05. The van der Waals surface area contributed by atoms with Crippen molar-refractivity contribution in [3.63, 3.8) is 0 Å². The molecule has 7 heteroatoms. The van der Waals surface area contributed by atoms with Gasteiger partial charge in [-0.1, -0.05) is 60.7 Å². The van der Waals surface area contributed by atoms with Gasteiger partial charge in [-0.2, -0.15) is 13.2 Å². The predicted molar refractivity (Wildman–Crippen MR) is 136 cm³/mol. The summed E-state index contributed by atoms with van der Waals surface area (Å²) in [4.78, 5) is 20.8. The Morgan fingerprint density at radius 1 is 0.806 bits per heavy atom. The van der Waals surface area contributed by atoms with Crippen molar-refractivity contribution in [3.05, 3.63) is 120 Å². The molecule has 0 unspecified atom stereocenters. The first-order chi connectivity index (χ1) is 17.4. The van der Waals surface area contributed by atoms with Crippen LogP contribution in [0.15, 0.2) is 97.1 Å². The number of para-hydroxylation sites is 2. The smallest absolute Gasteiger partial charge is 0.338 e. The van der Waals surface area contributed by atoms with E-state index in [2.05, 4.69) is 15.3 Å². The van der Waals surface area contributed by atoms with Gasteiger partial charge in [-0.25, -0.2) is 4.98 Å². The van der Waals surface area contributed by atoms with Crippen LogP contribution in [0.2, 0.25) is 0 Å². The normalized spacial score (nSPS) is 11.8. The number of hydrogen-bond acceptors (Lipinski definition) is 2. The molecule has 0 aliphatic carbocycles. The Morgan fingerprint density at radius 2 is 1.50 bits per heavy atom. The Labute approximate surface area is 205 Å². The molecule has 0 aliphatic rings. The van der Waals surface area contributed by atoms with E-state index < -0.39 is 11.7 Å². The van der Waals surface area contributed by atoms with Gasteiger partial charge in [-0.15, -0.1) is 0 Å². The predicted octanol–water partition coefficient (Wildman–Crippen LogP) is 7.67.